The molecule has 0 amide bonds. The van der Waals surface area contributed by atoms with E-state index in [1.54, 1.807) is 0 Å². The van der Waals surface area contributed by atoms with Crippen LogP contribution in [0.25, 0.3) is 11.3 Å². The van der Waals surface area contributed by atoms with Gasteiger partial charge < -0.3 is 20.4 Å². The molecule has 2 aliphatic heterocycles. The smallest absolute Gasteiger partial charge is 0.198 e. The van der Waals surface area contributed by atoms with Gasteiger partial charge in [0.2, 0.25) is 0 Å². The zero-order valence-electron chi connectivity index (χ0n) is 16.6. The van der Waals surface area contributed by atoms with Gasteiger partial charge in [0, 0.05) is 31.7 Å². The van der Waals surface area contributed by atoms with Gasteiger partial charge in [-0.3, -0.25) is 5.32 Å². The molecule has 28 heavy (non-hydrogen) atoms. The normalized spacial score (nSPS) is 23.1. The lowest BCUT2D eigenvalue weighted by molar-refractivity contribution is 0.204. The van der Waals surface area contributed by atoms with E-state index in [2.05, 4.69) is 51.9 Å². The molecule has 2 aliphatic rings. The maximum Gasteiger partial charge on any atom is 0.198 e. The van der Waals surface area contributed by atoms with Crippen LogP contribution in [0, 0.1) is 0 Å². The molecule has 1 saturated heterocycles. The van der Waals surface area contributed by atoms with Crippen molar-refractivity contribution in [2.75, 3.05) is 38.5 Å². The van der Waals surface area contributed by atoms with Gasteiger partial charge in [-0.15, -0.1) is 0 Å². The van der Waals surface area contributed by atoms with E-state index in [0.29, 0.717) is 0 Å². The zero-order valence-corrected chi connectivity index (χ0v) is 16.6. The van der Waals surface area contributed by atoms with Crippen LogP contribution in [0.2, 0.25) is 0 Å². The first-order valence-electron chi connectivity index (χ1n) is 10.0. The zero-order chi connectivity index (χ0) is 19.3. The minimum absolute atomic E-state index is 0.182. The lowest BCUT2D eigenvalue weighted by atomic mass is 10.1. The molecule has 2 aromatic rings. The third-order valence-corrected chi connectivity index (χ3v) is 5.23. The minimum atomic E-state index is -0.209. The van der Waals surface area contributed by atoms with Crippen LogP contribution in [-0.2, 0) is 0 Å². The Kier molecular flexibility index (Phi) is 5.73. The number of benzene rings is 1. The van der Waals surface area contributed by atoms with Crippen molar-refractivity contribution in [3.8, 4) is 11.3 Å². The highest BCUT2D eigenvalue weighted by Gasteiger charge is 2.26. The number of hydrogen-bond acceptors (Lipinski definition) is 7. The Labute approximate surface area is 166 Å². The maximum atomic E-state index is 4.88. The Morgan fingerprint density at radius 3 is 2.57 bits per heavy atom. The molecule has 3 heterocycles. The molecule has 148 valence electrons. The molecule has 0 bridgehead atoms. The van der Waals surface area contributed by atoms with Crippen molar-refractivity contribution in [3.05, 3.63) is 48.5 Å². The van der Waals surface area contributed by atoms with Gasteiger partial charge in [0.1, 0.15) is 5.82 Å². The first-order valence-corrected chi connectivity index (χ1v) is 10.0. The summed E-state index contributed by atoms with van der Waals surface area (Å²) in [5, 5.41) is 10.5. The summed E-state index contributed by atoms with van der Waals surface area (Å²) in [6, 6.07) is 16.3. The van der Waals surface area contributed by atoms with Crippen molar-refractivity contribution in [1.29, 1.82) is 0 Å². The summed E-state index contributed by atoms with van der Waals surface area (Å²) in [6.07, 6.45) is 0.948. The van der Waals surface area contributed by atoms with Gasteiger partial charge in [-0.2, -0.15) is 0 Å². The van der Waals surface area contributed by atoms with E-state index in [-0.39, 0.29) is 12.5 Å². The quantitative estimate of drug-likeness (QED) is 0.755. The van der Waals surface area contributed by atoms with Gasteiger partial charge >= 0.3 is 0 Å². The Bertz CT molecular complexity index is 799. The Morgan fingerprint density at radius 2 is 1.82 bits per heavy atom. The molecule has 2 unspecified atom stereocenters. The van der Waals surface area contributed by atoms with Crippen LogP contribution < -0.4 is 16.0 Å². The molecule has 1 aromatic carbocycles. The molecule has 0 radical (unpaired) electrons. The van der Waals surface area contributed by atoms with Crippen LogP contribution in [0.5, 0.6) is 0 Å². The lowest BCUT2D eigenvalue weighted by Gasteiger charge is -2.39. The van der Waals surface area contributed by atoms with Gasteiger partial charge in [0.25, 0.3) is 0 Å². The molecule has 1 fully saturated rings. The fraction of sp³-hybridized carbons (Fsp3) is 0.429. The van der Waals surface area contributed by atoms with Crippen molar-refractivity contribution in [3.63, 3.8) is 0 Å². The lowest BCUT2D eigenvalue weighted by Crippen LogP contribution is -2.62. The number of anilines is 1. The average molecular weight is 380 g/mol. The summed E-state index contributed by atoms with van der Waals surface area (Å²) < 4.78 is 0. The Morgan fingerprint density at radius 1 is 1.04 bits per heavy atom. The highest BCUT2D eigenvalue weighted by atomic mass is 15.5. The highest BCUT2D eigenvalue weighted by molar-refractivity contribution is 5.81. The number of hydrogen-bond donors (Lipinski definition) is 3. The average Bonchev–Trinajstić information content (AvgIpc) is 2.75. The molecule has 0 saturated carbocycles. The molecule has 0 aliphatic carbocycles. The van der Waals surface area contributed by atoms with Crippen molar-refractivity contribution < 1.29 is 0 Å². The van der Waals surface area contributed by atoms with Crippen molar-refractivity contribution in [2.24, 2.45) is 4.99 Å². The van der Waals surface area contributed by atoms with Crippen molar-refractivity contribution in [2.45, 2.75) is 25.8 Å². The molecular weight excluding hydrogens is 350 g/mol. The Hall–Kier alpha value is -2.64. The van der Waals surface area contributed by atoms with Crippen LogP contribution in [-0.4, -0.2) is 66.4 Å². The fourth-order valence-electron chi connectivity index (χ4n) is 3.49. The number of nitrogens with one attached hydrogen (secondary N) is 3. The second kappa shape index (κ2) is 8.58. The summed E-state index contributed by atoms with van der Waals surface area (Å²) in [5.41, 5.74) is 2.06. The van der Waals surface area contributed by atoms with Crippen LogP contribution in [0.15, 0.2) is 53.5 Å². The van der Waals surface area contributed by atoms with Gasteiger partial charge in [-0.25, -0.2) is 9.98 Å². The molecule has 1 aromatic heterocycles. The standard InChI is InChI=1S/C21H29N7/c1-3-18-23-20(26-21(25-18)28-14-12-27(2)13-15-28)24-19-11-7-10-17(22-19)16-8-5-4-6-9-16/h4-11,18,20,23H,3,12-15H2,1-2H3,(H,22,24)(H,25,26). The number of aliphatic imine (C=N–C) groups is 1. The molecule has 0 spiro atoms. The first kappa shape index (κ1) is 18.7. The highest BCUT2D eigenvalue weighted by Crippen LogP contribution is 2.19. The van der Waals surface area contributed by atoms with E-state index in [1.807, 2.05) is 36.4 Å². The molecule has 7 nitrogen and oxygen atoms in total. The van der Waals surface area contributed by atoms with Crippen molar-refractivity contribution in [1.82, 2.24) is 25.4 Å². The molecule has 3 N–H and O–H groups in total. The summed E-state index contributed by atoms with van der Waals surface area (Å²) in [7, 11) is 2.17. The summed E-state index contributed by atoms with van der Waals surface area (Å²) in [4.78, 5) is 14.3. The second-order valence-electron chi connectivity index (χ2n) is 7.34. The van der Waals surface area contributed by atoms with E-state index in [1.165, 1.54) is 0 Å². The van der Waals surface area contributed by atoms with Gasteiger partial charge in [-0.05, 0) is 25.6 Å². The monoisotopic (exact) mass is 379 g/mol. The number of piperazine rings is 1. The van der Waals surface area contributed by atoms with Crippen LogP contribution >= 0.6 is 0 Å². The van der Waals surface area contributed by atoms with Crippen LogP contribution in [0.1, 0.15) is 13.3 Å². The van der Waals surface area contributed by atoms with Gasteiger partial charge in [0.05, 0.1) is 11.9 Å². The van der Waals surface area contributed by atoms with E-state index in [4.69, 9.17) is 9.98 Å². The van der Waals surface area contributed by atoms with E-state index < -0.39 is 0 Å². The number of likely N-dealkylation sites (N-methyl/N-ethyl adjacent to an activating group) is 1. The van der Waals surface area contributed by atoms with Crippen LogP contribution in [0.4, 0.5) is 5.82 Å². The molecule has 7 heteroatoms. The number of nitrogens with zero attached hydrogens (tertiary/aromatic N) is 4. The summed E-state index contributed by atoms with van der Waals surface area (Å²) in [6.45, 7) is 6.27. The summed E-state index contributed by atoms with van der Waals surface area (Å²) in [5.74, 6) is 1.78. The number of aromatic nitrogens is 1. The molecule has 4 rings (SSSR count). The predicted molar refractivity (Wildman–Crippen MR) is 114 cm³/mol. The molecular formula is C21H29N7. The second-order valence-corrected chi connectivity index (χ2v) is 7.34. The molecule has 2 atom stereocenters. The third kappa shape index (κ3) is 4.43. The third-order valence-electron chi connectivity index (χ3n) is 5.23. The predicted octanol–water partition coefficient (Wildman–Crippen LogP) is 1.98. The minimum Gasteiger partial charge on any atom is -0.341 e. The fourth-order valence-corrected chi connectivity index (χ4v) is 3.49. The first-order chi connectivity index (χ1) is 13.7. The number of rotatable bonds is 4. The number of guanidine groups is 1. The van der Waals surface area contributed by atoms with E-state index >= 15 is 0 Å². The van der Waals surface area contributed by atoms with Gasteiger partial charge in [0.15, 0.2) is 12.2 Å². The summed E-state index contributed by atoms with van der Waals surface area (Å²) >= 11 is 0. The van der Waals surface area contributed by atoms with Crippen molar-refractivity contribution >= 4 is 11.8 Å². The largest absolute Gasteiger partial charge is 0.341 e. The maximum absolute atomic E-state index is 4.88. The van der Waals surface area contributed by atoms with E-state index in [0.717, 1.165) is 55.6 Å². The van der Waals surface area contributed by atoms with Crippen LogP contribution in [0.3, 0.4) is 0 Å². The topological polar surface area (TPSA) is 67.8 Å². The van der Waals surface area contributed by atoms with E-state index in [9.17, 15) is 0 Å². The Balaban J connectivity index is 1.50. The van der Waals surface area contributed by atoms with Gasteiger partial charge in [-0.1, -0.05) is 43.3 Å². The SMILES string of the molecule is CCC1NC(N2CCN(C)CC2)=NC(Nc2cccc(-c3ccccc3)n2)N1. The number of pyridine rings is 1.